The van der Waals surface area contributed by atoms with Gasteiger partial charge in [-0.3, -0.25) is 4.79 Å². The van der Waals surface area contributed by atoms with Crippen molar-refractivity contribution in [3.63, 3.8) is 0 Å². The Labute approximate surface area is 211 Å². The number of rotatable bonds is 3. The molecule has 2 atom stereocenters. The number of amides is 1. The maximum atomic E-state index is 13.7. The van der Waals surface area contributed by atoms with Crippen molar-refractivity contribution in [1.82, 2.24) is 5.01 Å². The van der Waals surface area contributed by atoms with Crippen LogP contribution in [0.1, 0.15) is 46.8 Å². The Morgan fingerprint density at radius 1 is 0.970 bits per heavy atom. The van der Waals surface area contributed by atoms with Crippen LogP contribution in [0.4, 0.5) is 0 Å². The highest BCUT2D eigenvalue weighted by molar-refractivity contribution is 9.10. The van der Waals surface area contributed by atoms with Gasteiger partial charge in [-0.2, -0.15) is 5.10 Å². The molecule has 0 bridgehead atoms. The molecule has 3 nitrogen and oxygen atoms in total. The molecule has 0 saturated heterocycles. The van der Waals surface area contributed by atoms with Gasteiger partial charge in [0.15, 0.2) is 0 Å². The lowest BCUT2D eigenvalue weighted by molar-refractivity contribution is 0.0680. The number of fused-ring (bicyclic) bond motifs is 1. The molecule has 1 aliphatic carbocycles. The van der Waals surface area contributed by atoms with E-state index >= 15 is 0 Å². The normalized spacial score (nSPS) is 21.1. The van der Waals surface area contributed by atoms with Gasteiger partial charge in [0.2, 0.25) is 0 Å². The third kappa shape index (κ3) is 4.52. The van der Waals surface area contributed by atoms with Gasteiger partial charge < -0.3 is 0 Å². The van der Waals surface area contributed by atoms with E-state index in [4.69, 9.17) is 28.3 Å². The molecule has 0 aromatic heterocycles. The molecular weight excluding hydrogens is 519 g/mol. The number of hydrogen-bond acceptors (Lipinski definition) is 2. The third-order valence-electron chi connectivity index (χ3n) is 6.24. The van der Waals surface area contributed by atoms with Crippen LogP contribution in [-0.2, 0) is 0 Å². The molecule has 5 rings (SSSR count). The summed E-state index contributed by atoms with van der Waals surface area (Å²) in [6.45, 7) is 0. The molecule has 1 saturated carbocycles. The van der Waals surface area contributed by atoms with Gasteiger partial charge in [0, 0.05) is 20.4 Å². The Morgan fingerprint density at radius 2 is 1.64 bits per heavy atom. The summed E-state index contributed by atoms with van der Waals surface area (Å²) in [4.78, 5) is 13.7. The minimum atomic E-state index is -0.175. The summed E-state index contributed by atoms with van der Waals surface area (Å²) in [6.07, 6.45) is 5.13. The number of hydrazone groups is 1. The molecule has 33 heavy (non-hydrogen) atoms. The molecule has 1 amide bonds. The van der Waals surface area contributed by atoms with E-state index in [0.29, 0.717) is 15.6 Å². The van der Waals surface area contributed by atoms with E-state index in [1.165, 1.54) is 5.57 Å². The van der Waals surface area contributed by atoms with E-state index in [1.807, 2.05) is 72.8 Å². The van der Waals surface area contributed by atoms with Gasteiger partial charge in [-0.25, -0.2) is 5.01 Å². The van der Waals surface area contributed by atoms with Crippen molar-refractivity contribution >= 4 is 56.8 Å². The maximum Gasteiger partial charge on any atom is 0.275 e. The van der Waals surface area contributed by atoms with Crippen LogP contribution in [-0.4, -0.2) is 16.6 Å². The van der Waals surface area contributed by atoms with Gasteiger partial charge in [0.1, 0.15) is 0 Å². The zero-order valence-corrected chi connectivity index (χ0v) is 20.8. The second-order valence-electron chi connectivity index (χ2n) is 8.33. The predicted molar refractivity (Wildman–Crippen MR) is 139 cm³/mol. The average Bonchev–Trinajstić information content (AvgIpc) is 3.22. The summed E-state index contributed by atoms with van der Waals surface area (Å²) in [5.74, 6) is 0.0140. The lowest BCUT2D eigenvalue weighted by atomic mass is 9.77. The smallest absolute Gasteiger partial charge is 0.267 e. The molecule has 1 aliphatic heterocycles. The van der Waals surface area contributed by atoms with E-state index in [9.17, 15) is 4.79 Å². The molecule has 1 fully saturated rings. The van der Waals surface area contributed by atoms with E-state index < -0.39 is 0 Å². The van der Waals surface area contributed by atoms with Crippen molar-refractivity contribution in [2.75, 3.05) is 0 Å². The summed E-state index contributed by atoms with van der Waals surface area (Å²) in [6, 6.07) is 22.9. The summed E-state index contributed by atoms with van der Waals surface area (Å²) in [7, 11) is 0. The first-order valence-corrected chi connectivity index (χ1v) is 12.4. The molecule has 0 unspecified atom stereocenters. The molecule has 2 aliphatic rings. The Balaban J connectivity index is 1.59. The molecule has 0 spiro atoms. The first kappa shape index (κ1) is 22.4. The van der Waals surface area contributed by atoms with E-state index in [-0.39, 0.29) is 17.9 Å². The largest absolute Gasteiger partial charge is 0.275 e. The average molecular weight is 540 g/mol. The van der Waals surface area contributed by atoms with Gasteiger partial charge in [0.05, 0.1) is 17.3 Å². The third-order valence-corrected chi connectivity index (χ3v) is 7.43. The number of hydrogen-bond donors (Lipinski definition) is 0. The molecule has 1 heterocycles. The van der Waals surface area contributed by atoms with Crippen LogP contribution in [0.5, 0.6) is 0 Å². The summed E-state index contributed by atoms with van der Waals surface area (Å²) in [5, 5.41) is 8.01. The van der Waals surface area contributed by atoms with E-state index in [1.54, 1.807) is 5.01 Å². The highest BCUT2D eigenvalue weighted by Crippen LogP contribution is 2.45. The van der Waals surface area contributed by atoms with E-state index in [2.05, 4.69) is 22.0 Å². The Kier molecular flexibility index (Phi) is 6.42. The first-order chi connectivity index (χ1) is 16.0. The quantitative estimate of drug-likeness (QED) is 0.330. The molecule has 6 heteroatoms. The van der Waals surface area contributed by atoms with Gasteiger partial charge >= 0.3 is 0 Å². The van der Waals surface area contributed by atoms with Crippen molar-refractivity contribution in [2.24, 2.45) is 11.0 Å². The minimum absolute atomic E-state index is 0.116. The number of carbonyl (C=O) groups excluding carboxylic acids is 1. The van der Waals surface area contributed by atoms with Crippen LogP contribution in [0.2, 0.25) is 10.0 Å². The fraction of sp³-hybridized carbons (Fsp3) is 0.185. The number of halogens is 3. The van der Waals surface area contributed by atoms with Gasteiger partial charge in [-0.1, -0.05) is 59.6 Å². The van der Waals surface area contributed by atoms with Crippen LogP contribution in [0.25, 0.3) is 6.08 Å². The molecular formula is C27H21BrCl2N2O. The highest BCUT2D eigenvalue weighted by atomic mass is 79.9. The Morgan fingerprint density at radius 3 is 2.33 bits per heavy atom. The zero-order valence-electron chi connectivity index (χ0n) is 17.7. The first-order valence-electron chi connectivity index (χ1n) is 10.9. The second-order valence-corrected chi connectivity index (χ2v) is 10.1. The zero-order chi connectivity index (χ0) is 22.9. The summed E-state index contributed by atoms with van der Waals surface area (Å²) >= 11 is 15.8. The lowest BCUT2D eigenvalue weighted by Gasteiger charge is -2.30. The molecule has 0 N–H and O–H groups in total. The second kappa shape index (κ2) is 9.46. The van der Waals surface area contributed by atoms with Crippen LogP contribution >= 0.6 is 39.1 Å². The van der Waals surface area contributed by atoms with Crippen LogP contribution in [0.3, 0.4) is 0 Å². The van der Waals surface area contributed by atoms with Crippen molar-refractivity contribution < 1.29 is 4.79 Å². The number of benzene rings is 3. The maximum absolute atomic E-state index is 13.7. The standard InChI is InChI=1S/C27H21BrCl2N2O/c28-24-7-2-1-5-22(24)27(33)32-26(18-10-14-21(30)15-11-18)23-6-3-4-19(25(23)31-32)16-17-8-12-20(29)13-9-17/h1-2,5,7-16,23,26H,3-4,6H2/b19-16+/t23-,26+/m1/s1. The van der Waals surface area contributed by atoms with Crippen LogP contribution < -0.4 is 0 Å². The molecule has 0 radical (unpaired) electrons. The van der Waals surface area contributed by atoms with Crippen molar-refractivity contribution in [2.45, 2.75) is 25.3 Å². The van der Waals surface area contributed by atoms with Crippen LogP contribution in [0.15, 0.2) is 87.9 Å². The van der Waals surface area contributed by atoms with Gasteiger partial charge in [0.25, 0.3) is 5.91 Å². The SMILES string of the molecule is O=C(c1ccccc1Br)N1N=C2/C(=C/c3ccc(Cl)cc3)CCC[C@H]2[C@@H]1c1ccc(Cl)cc1. The highest BCUT2D eigenvalue weighted by Gasteiger charge is 2.44. The Bertz CT molecular complexity index is 1250. The van der Waals surface area contributed by atoms with Gasteiger partial charge in [-0.05, 0) is 94.4 Å². The van der Waals surface area contributed by atoms with Gasteiger partial charge in [-0.15, -0.1) is 0 Å². The number of carbonyl (C=O) groups is 1. The van der Waals surface area contributed by atoms with E-state index in [0.717, 1.165) is 40.6 Å². The van der Waals surface area contributed by atoms with Crippen LogP contribution in [0, 0.1) is 5.92 Å². The monoisotopic (exact) mass is 538 g/mol. The molecule has 166 valence electrons. The fourth-order valence-corrected chi connectivity index (χ4v) is 5.39. The summed E-state index contributed by atoms with van der Waals surface area (Å²) < 4.78 is 0.761. The minimum Gasteiger partial charge on any atom is -0.267 e. The summed E-state index contributed by atoms with van der Waals surface area (Å²) in [5.41, 5.74) is 4.89. The predicted octanol–water partition coefficient (Wildman–Crippen LogP) is 8.19. The number of nitrogens with zero attached hydrogens (tertiary/aromatic N) is 2. The number of allylic oxidation sites excluding steroid dienone is 1. The Hall–Kier alpha value is -2.40. The van der Waals surface area contributed by atoms with Crippen molar-refractivity contribution in [3.8, 4) is 0 Å². The van der Waals surface area contributed by atoms with Crippen molar-refractivity contribution in [3.05, 3.63) is 110 Å². The fourth-order valence-electron chi connectivity index (χ4n) is 4.68. The molecule has 3 aromatic rings. The topological polar surface area (TPSA) is 32.7 Å². The lowest BCUT2D eigenvalue weighted by Crippen LogP contribution is -2.32. The van der Waals surface area contributed by atoms with Crippen molar-refractivity contribution in [1.29, 1.82) is 0 Å². The molecule has 3 aromatic carbocycles.